The molecule has 3 saturated heterocycles. The van der Waals surface area contributed by atoms with Crippen molar-refractivity contribution in [1.29, 1.82) is 0 Å². The first-order valence-corrected chi connectivity index (χ1v) is 17.3. The Bertz CT molecular complexity index is 875. The molecule has 0 amide bonds. The molecule has 0 bridgehead atoms. The van der Waals surface area contributed by atoms with Crippen LogP contribution in [-0.2, 0) is 14.4 Å². The van der Waals surface area contributed by atoms with Gasteiger partial charge >= 0.3 is 5.97 Å². The SMILES string of the molecule is CCCCCCCCCCCCCCCCCCSCC(=O)O.O=C1C=C(N2CC2)C(=O)C(N2CC2)=C1N1CC1. The number of rotatable bonds is 22. The van der Waals surface area contributed by atoms with E-state index in [-0.39, 0.29) is 17.3 Å². The number of allylic oxidation sites excluding steroid dienone is 1. The van der Waals surface area contributed by atoms with Gasteiger partial charge in [0.25, 0.3) is 0 Å². The fourth-order valence-corrected chi connectivity index (χ4v) is 5.91. The highest BCUT2D eigenvalue weighted by atomic mass is 32.2. The monoisotopic (exact) mass is 575 g/mol. The van der Waals surface area contributed by atoms with E-state index in [1.807, 2.05) is 14.7 Å². The quantitative estimate of drug-likeness (QED) is 0.0922. The maximum atomic E-state index is 12.4. The summed E-state index contributed by atoms with van der Waals surface area (Å²) in [7, 11) is 0. The minimum Gasteiger partial charge on any atom is -0.481 e. The van der Waals surface area contributed by atoms with Crippen molar-refractivity contribution >= 4 is 29.3 Å². The molecule has 3 aliphatic heterocycles. The van der Waals surface area contributed by atoms with Crippen LogP contribution in [0.2, 0.25) is 0 Å². The van der Waals surface area contributed by atoms with Gasteiger partial charge in [-0.25, -0.2) is 0 Å². The Morgan fingerprint density at radius 2 is 1.10 bits per heavy atom. The molecule has 0 unspecified atom stereocenters. The third kappa shape index (κ3) is 12.7. The van der Waals surface area contributed by atoms with E-state index in [1.165, 1.54) is 109 Å². The van der Waals surface area contributed by atoms with Gasteiger partial charge in [0.05, 0.1) is 11.4 Å². The molecule has 4 aliphatic rings. The van der Waals surface area contributed by atoms with Crippen molar-refractivity contribution in [2.45, 2.75) is 110 Å². The van der Waals surface area contributed by atoms with E-state index >= 15 is 0 Å². The lowest BCUT2D eigenvalue weighted by Crippen LogP contribution is -2.29. The minimum absolute atomic E-state index is 0.00546. The molecule has 4 rings (SSSR count). The molecule has 3 fully saturated rings. The molecule has 0 atom stereocenters. The Labute approximate surface area is 246 Å². The van der Waals surface area contributed by atoms with E-state index in [9.17, 15) is 14.4 Å². The van der Waals surface area contributed by atoms with Gasteiger partial charge < -0.3 is 19.8 Å². The Morgan fingerprint density at radius 3 is 1.52 bits per heavy atom. The lowest BCUT2D eigenvalue weighted by molar-refractivity contribution is -0.134. The van der Waals surface area contributed by atoms with Crippen LogP contribution < -0.4 is 0 Å². The zero-order chi connectivity index (χ0) is 28.6. The van der Waals surface area contributed by atoms with Crippen LogP contribution in [0.1, 0.15) is 110 Å². The number of carboxylic acids is 1. The number of Topliss-reactive ketones (excluding diaryl/α,β-unsaturated/α-hetero) is 1. The van der Waals surface area contributed by atoms with Crippen LogP contribution in [0.15, 0.2) is 23.2 Å². The number of hydrogen-bond donors (Lipinski definition) is 1. The van der Waals surface area contributed by atoms with Crippen molar-refractivity contribution in [3.8, 4) is 0 Å². The Kier molecular flexibility index (Phi) is 15.0. The molecule has 1 aliphatic carbocycles. The van der Waals surface area contributed by atoms with Crippen LogP contribution in [0, 0.1) is 0 Å². The highest BCUT2D eigenvalue weighted by Gasteiger charge is 2.43. The van der Waals surface area contributed by atoms with Gasteiger partial charge in [0, 0.05) is 45.3 Å². The third-order valence-corrected chi connectivity index (χ3v) is 8.88. The summed E-state index contributed by atoms with van der Waals surface area (Å²) < 4.78 is 0. The second-order valence-electron chi connectivity index (χ2n) is 11.6. The number of thioether (sulfide) groups is 1. The van der Waals surface area contributed by atoms with Crippen LogP contribution in [0.25, 0.3) is 0 Å². The zero-order valence-electron chi connectivity index (χ0n) is 25.0. The average Bonchev–Trinajstić information content (AvgIpc) is 3.76. The number of unbranched alkanes of at least 4 members (excludes halogenated alkanes) is 15. The molecule has 0 aromatic rings. The molecule has 1 N–H and O–H groups in total. The Hall–Kier alpha value is -1.96. The summed E-state index contributed by atoms with van der Waals surface area (Å²) in [4.78, 5) is 40.8. The molecule has 0 aromatic carbocycles. The predicted molar refractivity (Wildman–Crippen MR) is 164 cm³/mol. The molecule has 8 heteroatoms. The fraction of sp³-hybridized carbons (Fsp3) is 0.781. The van der Waals surface area contributed by atoms with E-state index in [0.717, 1.165) is 45.0 Å². The van der Waals surface area contributed by atoms with Crippen molar-refractivity contribution < 1.29 is 19.5 Å². The fourth-order valence-electron chi connectivity index (χ4n) is 5.19. The Balaban J connectivity index is 0.000000227. The maximum absolute atomic E-state index is 12.4. The summed E-state index contributed by atoms with van der Waals surface area (Å²) in [5.74, 6) is 0.627. The first-order valence-electron chi connectivity index (χ1n) is 16.1. The van der Waals surface area contributed by atoms with Gasteiger partial charge in [-0.05, 0) is 12.2 Å². The normalized spacial score (nSPS) is 17.6. The smallest absolute Gasteiger partial charge is 0.313 e. The van der Waals surface area contributed by atoms with Crippen LogP contribution in [0.5, 0.6) is 0 Å². The predicted octanol–water partition coefficient (Wildman–Crippen LogP) is 6.25. The van der Waals surface area contributed by atoms with E-state index in [1.54, 1.807) is 11.8 Å². The van der Waals surface area contributed by atoms with Crippen molar-refractivity contribution in [3.63, 3.8) is 0 Å². The molecule has 3 heterocycles. The van der Waals surface area contributed by atoms with Gasteiger partial charge in [0.1, 0.15) is 11.4 Å². The lowest BCUT2D eigenvalue weighted by atomic mass is 10.0. The first-order chi connectivity index (χ1) is 19.5. The number of ketones is 2. The Morgan fingerprint density at radius 1 is 0.675 bits per heavy atom. The number of carboxylic acid groups (broad SMARTS) is 1. The molecular formula is C32H53N3O4S. The molecule has 0 saturated carbocycles. The second-order valence-corrected chi connectivity index (χ2v) is 12.7. The van der Waals surface area contributed by atoms with E-state index in [0.29, 0.717) is 17.1 Å². The van der Waals surface area contributed by atoms with Crippen molar-refractivity contribution in [3.05, 3.63) is 23.2 Å². The van der Waals surface area contributed by atoms with Gasteiger partial charge in [-0.3, -0.25) is 14.4 Å². The first kappa shape index (κ1) is 32.6. The second kappa shape index (κ2) is 18.5. The number of aliphatic carboxylic acids is 1. The van der Waals surface area contributed by atoms with Crippen LogP contribution >= 0.6 is 11.8 Å². The van der Waals surface area contributed by atoms with Crippen LogP contribution in [0.4, 0.5) is 0 Å². The average molecular weight is 576 g/mol. The summed E-state index contributed by atoms with van der Waals surface area (Å²) in [6.45, 7) is 7.69. The molecular weight excluding hydrogens is 522 g/mol. The van der Waals surface area contributed by atoms with E-state index in [2.05, 4.69) is 6.92 Å². The summed E-state index contributed by atoms with van der Waals surface area (Å²) in [6, 6.07) is 0. The minimum atomic E-state index is -0.688. The van der Waals surface area contributed by atoms with Crippen molar-refractivity contribution in [2.75, 3.05) is 50.8 Å². The molecule has 0 spiro atoms. The number of nitrogens with zero attached hydrogens (tertiary/aromatic N) is 3. The third-order valence-electron chi connectivity index (χ3n) is 7.86. The van der Waals surface area contributed by atoms with E-state index < -0.39 is 5.97 Å². The largest absolute Gasteiger partial charge is 0.481 e. The lowest BCUT2D eigenvalue weighted by Gasteiger charge is -2.21. The van der Waals surface area contributed by atoms with Crippen molar-refractivity contribution in [1.82, 2.24) is 14.7 Å². The molecule has 0 radical (unpaired) electrons. The van der Waals surface area contributed by atoms with Gasteiger partial charge in [-0.15, -0.1) is 0 Å². The van der Waals surface area contributed by atoms with Crippen molar-refractivity contribution in [2.24, 2.45) is 0 Å². The van der Waals surface area contributed by atoms with Gasteiger partial charge in [-0.2, -0.15) is 11.8 Å². The van der Waals surface area contributed by atoms with E-state index in [4.69, 9.17) is 5.11 Å². The van der Waals surface area contributed by atoms with Crippen LogP contribution in [-0.4, -0.2) is 88.1 Å². The zero-order valence-corrected chi connectivity index (χ0v) is 25.8. The summed E-state index contributed by atoms with van der Waals surface area (Å²) in [6.07, 6.45) is 23.7. The molecule has 40 heavy (non-hydrogen) atoms. The van der Waals surface area contributed by atoms with Gasteiger partial charge in [0.2, 0.25) is 11.6 Å². The summed E-state index contributed by atoms with van der Waals surface area (Å²) >= 11 is 1.55. The number of carbonyl (C=O) groups excluding carboxylic acids is 2. The number of carbonyl (C=O) groups is 3. The van der Waals surface area contributed by atoms with Crippen LogP contribution in [0.3, 0.4) is 0 Å². The van der Waals surface area contributed by atoms with Gasteiger partial charge in [0.15, 0.2) is 0 Å². The highest BCUT2D eigenvalue weighted by Crippen LogP contribution is 2.34. The molecule has 226 valence electrons. The standard InChI is InChI=1S/C20H40O2S.C12H13N3O2/c1-2-3-4-5-6-7-8-9-10-11-12-13-14-15-16-17-18-23-19-20(21)22;16-9-7-8(13-1-2-13)12(17)11(15-5-6-15)10(9)14-3-4-14/h2-19H2,1H3,(H,21,22);7H,1-6H2. The molecule has 7 nitrogen and oxygen atoms in total. The topological polar surface area (TPSA) is 80.5 Å². The summed E-state index contributed by atoms with van der Waals surface area (Å²) in [5.41, 5.74) is 1.89. The number of hydrogen-bond acceptors (Lipinski definition) is 7. The molecule has 0 aromatic heterocycles. The van der Waals surface area contributed by atoms with Gasteiger partial charge in [-0.1, -0.05) is 103 Å². The highest BCUT2D eigenvalue weighted by molar-refractivity contribution is 7.99. The maximum Gasteiger partial charge on any atom is 0.313 e. The summed E-state index contributed by atoms with van der Waals surface area (Å²) in [5, 5.41) is 8.53.